The third-order valence-electron chi connectivity index (χ3n) is 3.49. The highest BCUT2D eigenvalue weighted by atomic mass is 32.1. The van der Waals surface area contributed by atoms with Crippen LogP contribution in [-0.2, 0) is 16.1 Å². The number of carboxylic acid groups (broad SMARTS) is 1. The van der Waals surface area contributed by atoms with Crippen LogP contribution in [0.5, 0.6) is 0 Å². The number of aliphatic carboxylic acids is 1. The molecule has 0 radical (unpaired) electrons. The fourth-order valence-electron chi connectivity index (χ4n) is 2.46. The molecule has 0 atom stereocenters. The second kappa shape index (κ2) is 7.57. The number of likely N-dealkylation sites (tertiary alicyclic amines) is 1. The summed E-state index contributed by atoms with van der Waals surface area (Å²) in [4.78, 5) is 14.2. The molecule has 0 bridgehead atoms. The average Bonchev–Trinajstić information content (AvgIpc) is 2.86. The zero-order chi connectivity index (χ0) is 14.4. The predicted octanol–water partition coefficient (Wildman–Crippen LogP) is 2.85. The number of hydrogen-bond donors (Lipinski definition) is 1. The predicted molar refractivity (Wildman–Crippen MR) is 80.9 cm³/mol. The Bertz CT molecular complexity index is 461. The van der Waals surface area contributed by atoms with Crippen molar-refractivity contribution >= 4 is 23.4 Å². The lowest BCUT2D eigenvalue weighted by molar-refractivity contribution is -0.131. The zero-order valence-electron chi connectivity index (χ0n) is 11.7. The van der Waals surface area contributed by atoms with E-state index in [0.29, 0.717) is 6.10 Å². The van der Waals surface area contributed by atoms with Gasteiger partial charge in [-0.25, -0.2) is 4.79 Å². The number of carbonyl (C=O) groups is 1. The molecule has 0 spiro atoms. The number of rotatable bonds is 6. The van der Waals surface area contributed by atoms with Crippen molar-refractivity contribution in [3.05, 3.63) is 28.0 Å². The molecule has 1 fully saturated rings. The van der Waals surface area contributed by atoms with Crippen molar-refractivity contribution in [2.45, 2.75) is 32.4 Å². The summed E-state index contributed by atoms with van der Waals surface area (Å²) in [6.45, 7) is 5.82. The lowest BCUT2D eigenvalue weighted by atomic mass is 10.1. The van der Waals surface area contributed by atoms with Crippen molar-refractivity contribution in [1.82, 2.24) is 4.90 Å². The Morgan fingerprint density at radius 1 is 1.55 bits per heavy atom. The van der Waals surface area contributed by atoms with Crippen LogP contribution >= 0.6 is 11.3 Å². The largest absolute Gasteiger partial charge is 0.478 e. The van der Waals surface area contributed by atoms with Gasteiger partial charge in [-0.1, -0.05) is 0 Å². The van der Waals surface area contributed by atoms with Crippen LogP contribution in [0.3, 0.4) is 0 Å². The molecule has 0 saturated carbocycles. The summed E-state index contributed by atoms with van der Waals surface area (Å²) in [5.41, 5.74) is 1.02. The summed E-state index contributed by atoms with van der Waals surface area (Å²) in [6.07, 6.45) is 5.46. The number of carboxylic acids is 1. The molecule has 5 heteroatoms. The number of piperidine rings is 1. The van der Waals surface area contributed by atoms with E-state index in [2.05, 4.69) is 4.90 Å². The lowest BCUT2D eigenvalue weighted by Gasteiger charge is -2.31. The molecule has 1 aliphatic rings. The first-order chi connectivity index (χ1) is 9.69. The van der Waals surface area contributed by atoms with E-state index >= 15 is 0 Å². The number of nitrogens with zero attached hydrogens (tertiary/aromatic N) is 1. The van der Waals surface area contributed by atoms with Gasteiger partial charge in [-0.15, -0.1) is 11.3 Å². The number of hydrogen-bond acceptors (Lipinski definition) is 4. The molecule has 2 heterocycles. The molecule has 20 heavy (non-hydrogen) atoms. The lowest BCUT2D eigenvalue weighted by Crippen LogP contribution is -2.36. The highest BCUT2D eigenvalue weighted by Crippen LogP contribution is 2.23. The normalized spacial score (nSPS) is 17.9. The molecule has 2 rings (SSSR count). The third kappa shape index (κ3) is 4.44. The van der Waals surface area contributed by atoms with Gasteiger partial charge in [0.1, 0.15) is 0 Å². The van der Waals surface area contributed by atoms with Gasteiger partial charge in [-0.2, -0.15) is 0 Å². The van der Waals surface area contributed by atoms with Gasteiger partial charge in [-0.05, 0) is 42.9 Å². The summed E-state index contributed by atoms with van der Waals surface area (Å²) in [5, 5.41) is 10.7. The van der Waals surface area contributed by atoms with Gasteiger partial charge in [0.15, 0.2) is 0 Å². The van der Waals surface area contributed by atoms with Crippen molar-refractivity contribution < 1.29 is 14.6 Å². The molecular weight excluding hydrogens is 274 g/mol. The highest BCUT2D eigenvalue weighted by Gasteiger charge is 2.20. The molecule has 0 aliphatic carbocycles. The van der Waals surface area contributed by atoms with E-state index in [1.807, 2.05) is 18.4 Å². The van der Waals surface area contributed by atoms with Crippen LogP contribution < -0.4 is 0 Å². The average molecular weight is 295 g/mol. The van der Waals surface area contributed by atoms with E-state index in [1.165, 1.54) is 11.0 Å². The van der Waals surface area contributed by atoms with Crippen LogP contribution in [0.15, 0.2) is 17.5 Å². The maximum atomic E-state index is 10.6. The molecule has 1 N–H and O–H groups in total. The van der Waals surface area contributed by atoms with Gasteiger partial charge >= 0.3 is 5.97 Å². The first kappa shape index (κ1) is 15.2. The van der Waals surface area contributed by atoms with Gasteiger partial charge in [0.2, 0.25) is 0 Å². The van der Waals surface area contributed by atoms with E-state index in [-0.39, 0.29) is 0 Å². The SMILES string of the molecule is CCOC1CCN(Cc2sccc2C=CC(=O)O)CC1. The second-order valence-corrected chi connectivity index (χ2v) is 5.90. The van der Waals surface area contributed by atoms with Gasteiger partial charge < -0.3 is 9.84 Å². The van der Waals surface area contributed by atoms with Crippen LogP contribution in [0, 0.1) is 0 Å². The van der Waals surface area contributed by atoms with Crippen molar-refractivity contribution in [2.75, 3.05) is 19.7 Å². The molecule has 110 valence electrons. The van der Waals surface area contributed by atoms with E-state index in [4.69, 9.17) is 9.84 Å². The smallest absolute Gasteiger partial charge is 0.328 e. The fourth-order valence-corrected chi connectivity index (χ4v) is 3.37. The van der Waals surface area contributed by atoms with Crippen molar-refractivity contribution in [3.8, 4) is 0 Å². The molecular formula is C15H21NO3S. The Morgan fingerprint density at radius 2 is 2.30 bits per heavy atom. The molecule has 1 aliphatic heterocycles. The number of thiophene rings is 1. The van der Waals surface area contributed by atoms with Crippen LogP contribution in [-0.4, -0.2) is 41.8 Å². The van der Waals surface area contributed by atoms with Crippen molar-refractivity contribution in [2.24, 2.45) is 0 Å². The summed E-state index contributed by atoms with van der Waals surface area (Å²) >= 11 is 1.69. The Balaban J connectivity index is 1.88. The maximum Gasteiger partial charge on any atom is 0.328 e. The van der Waals surface area contributed by atoms with E-state index in [0.717, 1.165) is 44.6 Å². The van der Waals surface area contributed by atoms with E-state index < -0.39 is 5.97 Å². The fraction of sp³-hybridized carbons (Fsp3) is 0.533. The molecule has 1 aromatic rings. The Kier molecular flexibility index (Phi) is 5.76. The topological polar surface area (TPSA) is 49.8 Å². The van der Waals surface area contributed by atoms with Crippen LogP contribution in [0.25, 0.3) is 6.08 Å². The van der Waals surface area contributed by atoms with Gasteiger partial charge in [-0.3, -0.25) is 4.90 Å². The van der Waals surface area contributed by atoms with Gasteiger partial charge in [0.25, 0.3) is 0 Å². The Labute approximate surface area is 123 Å². The third-order valence-corrected chi connectivity index (χ3v) is 4.41. The van der Waals surface area contributed by atoms with Gasteiger partial charge in [0.05, 0.1) is 6.10 Å². The Morgan fingerprint density at radius 3 is 2.95 bits per heavy atom. The standard InChI is InChI=1S/C15H21NO3S/c1-2-19-13-5-8-16(9-6-13)11-14-12(7-10-20-14)3-4-15(17)18/h3-4,7,10,13H,2,5-6,8-9,11H2,1H3,(H,17,18). The summed E-state index contributed by atoms with van der Waals surface area (Å²) in [7, 11) is 0. The summed E-state index contributed by atoms with van der Waals surface area (Å²) in [6, 6.07) is 1.98. The Hall–Kier alpha value is -1.17. The molecule has 0 unspecified atom stereocenters. The van der Waals surface area contributed by atoms with Crippen LogP contribution in [0.2, 0.25) is 0 Å². The maximum absolute atomic E-state index is 10.6. The monoisotopic (exact) mass is 295 g/mol. The number of ether oxygens (including phenoxy) is 1. The molecule has 0 amide bonds. The first-order valence-corrected chi connectivity index (χ1v) is 7.88. The quantitative estimate of drug-likeness (QED) is 0.820. The van der Waals surface area contributed by atoms with Crippen LogP contribution in [0.4, 0.5) is 0 Å². The van der Waals surface area contributed by atoms with E-state index in [9.17, 15) is 4.79 Å². The minimum Gasteiger partial charge on any atom is -0.478 e. The van der Waals surface area contributed by atoms with Crippen molar-refractivity contribution in [1.29, 1.82) is 0 Å². The molecule has 1 saturated heterocycles. The highest BCUT2D eigenvalue weighted by molar-refractivity contribution is 7.10. The molecule has 1 aromatic heterocycles. The molecule has 0 aromatic carbocycles. The van der Waals surface area contributed by atoms with Gasteiger partial charge in [0, 0.05) is 37.2 Å². The molecule has 4 nitrogen and oxygen atoms in total. The zero-order valence-corrected chi connectivity index (χ0v) is 12.6. The van der Waals surface area contributed by atoms with Crippen molar-refractivity contribution in [3.63, 3.8) is 0 Å². The first-order valence-electron chi connectivity index (χ1n) is 7.00. The van der Waals surface area contributed by atoms with E-state index in [1.54, 1.807) is 17.4 Å². The summed E-state index contributed by atoms with van der Waals surface area (Å²) in [5.74, 6) is -0.903. The minimum atomic E-state index is -0.903. The second-order valence-electron chi connectivity index (χ2n) is 4.90. The van der Waals surface area contributed by atoms with Crippen LogP contribution in [0.1, 0.15) is 30.2 Å². The summed E-state index contributed by atoms with van der Waals surface area (Å²) < 4.78 is 5.65. The minimum absolute atomic E-state index is 0.408.